The Morgan fingerprint density at radius 2 is 1.26 bits per heavy atom. The Morgan fingerprint density at radius 3 is 1.88 bits per heavy atom. The standard InChI is InChI=1S/C61H66N3O.Pt/c1-37(2)43-34-50(38(3)4)57(65)52(35-43)58-63-56-49(16-15-17-55(56)64(58)54-27-18-39(5)30-51(54)41-21-25-47(26-22-41)60(9,10)11)44-31-45(33-48(32-44)61(12,13)14)53-36-42(28-29-62-53)40-19-23-46(24-20-40)59(6,7)8;/h15-30,32-38,65H,1-14H3;/q-1;/i5D3,6D3,7D3,8D3;. The summed E-state index contributed by atoms with van der Waals surface area (Å²) in [6.45, 7) is 8.52. The van der Waals surface area contributed by atoms with Crippen LogP contribution >= 0.6 is 0 Å². The van der Waals surface area contributed by atoms with Crippen LogP contribution in [0.2, 0.25) is 0 Å². The zero-order valence-electron chi connectivity index (χ0n) is 51.4. The van der Waals surface area contributed by atoms with Gasteiger partial charge < -0.3 is 5.11 Å². The van der Waals surface area contributed by atoms with Crippen molar-refractivity contribution >= 4 is 11.0 Å². The average Bonchev–Trinajstić information content (AvgIpc) is 3.85. The maximum Gasteiger partial charge on any atom is 0.148 e. The molecule has 66 heavy (non-hydrogen) atoms. The number of hydrogen-bond acceptors (Lipinski definition) is 3. The summed E-state index contributed by atoms with van der Waals surface area (Å²) in [5.41, 5.74) is 7.95. The fraction of sp³-hybridized carbons (Fsp3) is 0.311. The van der Waals surface area contributed by atoms with Gasteiger partial charge in [0.25, 0.3) is 0 Å². The molecule has 1 N–H and O–H groups in total. The van der Waals surface area contributed by atoms with E-state index in [0.717, 1.165) is 33.4 Å². The fourth-order valence-electron chi connectivity index (χ4n) is 8.43. The summed E-state index contributed by atoms with van der Waals surface area (Å²) in [7, 11) is 0. The van der Waals surface area contributed by atoms with Crippen LogP contribution in [0.3, 0.4) is 0 Å². The van der Waals surface area contributed by atoms with E-state index in [1.165, 1.54) is 24.3 Å². The first-order chi connectivity index (χ1) is 35.5. The summed E-state index contributed by atoms with van der Waals surface area (Å²) < 4.78 is 101. The smallest absolute Gasteiger partial charge is 0.148 e. The van der Waals surface area contributed by atoms with E-state index < -0.39 is 32.8 Å². The quantitative estimate of drug-likeness (QED) is 0.154. The largest absolute Gasteiger partial charge is 0.507 e. The molecule has 0 atom stereocenters. The normalized spacial score (nSPS) is 15.8. The van der Waals surface area contributed by atoms with Gasteiger partial charge in [-0.25, -0.2) is 4.98 Å². The van der Waals surface area contributed by atoms with E-state index in [0.29, 0.717) is 61.6 Å². The van der Waals surface area contributed by atoms with Gasteiger partial charge in [0.2, 0.25) is 0 Å². The minimum Gasteiger partial charge on any atom is -0.507 e. The van der Waals surface area contributed by atoms with Gasteiger partial charge in [0.1, 0.15) is 11.6 Å². The fourth-order valence-corrected chi connectivity index (χ4v) is 8.43. The van der Waals surface area contributed by atoms with Gasteiger partial charge in [-0.15, -0.1) is 29.3 Å². The number of aromatic nitrogens is 3. The number of pyridine rings is 1. The summed E-state index contributed by atoms with van der Waals surface area (Å²) in [5.74, 6) is 0.650. The maximum absolute atomic E-state index is 12.4. The van der Waals surface area contributed by atoms with Gasteiger partial charge in [-0.05, 0) is 104 Å². The third-order valence-electron chi connectivity index (χ3n) is 12.4. The van der Waals surface area contributed by atoms with Crippen LogP contribution in [0.15, 0.2) is 128 Å². The molecular formula is C61H66N3OPt-. The molecule has 2 heterocycles. The second-order valence-corrected chi connectivity index (χ2v) is 20.0. The van der Waals surface area contributed by atoms with Crippen molar-refractivity contribution in [3.63, 3.8) is 0 Å². The molecule has 5 heteroatoms. The minimum absolute atomic E-state index is 0. The molecule has 0 aliphatic heterocycles. The monoisotopic (exact) mass is 1060 g/mol. The molecule has 0 bridgehead atoms. The molecule has 0 unspecified atom stereocenters. The number of aryl methyl sites for hydroxylation is 1. The number of benzene rings is 6. The molecule has 0 amide bonds. The second kappa shape index (κ2) is 18.3. The Morgan fingerprint density at radius 1 is 0.606 bits per heavy atom. The number of aromatic hydroxyl groups is 1. The molecule has 6 aromatic carbocycles. The third-order valence-corrected chi connectivity index (χ3v) is 12.4. The number of phenols is 1. The van der Waals surface area contributed by atoms with Crippen LogP contribution in [0.1, 0.15) is 151 Å². The van der Waals surface area contributed by atoms with Gasteiger partial charge in [0, 0.05) is 55.0 Å². The van der Waals surface area contributed by atoms with Crippen molar-refractivity contribution in [3.8, 4) is 67.5 Å². The van der Waals surface area contributed by atoms with Crippen molar-refractivity contribution in [2.45, 2.75) is 125 Å². The van der Waals surface area contributed by atoms with Gasteiger partial charge in [-0.1, -0.05) is 185 Å². The molecule has 0 aliphatic rings. The molecule has 0 aliphatic carbocycles. The van der Waals surface area contributed by atoms with E-state index in [-0.39, 0.29) is 60.6 Å². The number of fused-ring (bicyclic) bond motifs is 1. The van der Waals surface area contributed by atoms with E-state index in [1.807, 2.05) is 73.0 Å². The van der Waals surface area contributed by atoms with Crippen LogP contribution < -0.4 is 0 Å². The zero-order valence-corrected chi connectivity index (χ0v) is 41.7. The zero-order chi connectivity index (χ0) is 56.7. The van der Waals surface area contributed by atoms with Crippen molar-refractivity contribution < 1.29 is 42.6 Å². The molecule has 0 saturated carbocycles. The van der Waals surface area contributed by atoms with Crippen molar-refractivity contribution in [2.24, 2.45) is 0 Å². The Balaban J connectivity index is 0.00000882. The molecule has 8 aromatic rings. The van der Waals surface area contributed by atoms with Gasteiger partial charge in [-0.3, -0.25) is 9.55 Å². The first-order valence-electron chi connectivity index (χ1n) is 28.3. The van der Waals surface area contributed by atoms with Gasteiger partial charge in [0.05, 0.1) is 22.3 Å². The van der Waals surface area contributed by atoms with Crippen LogP contribution in [0.4, 0.5) is 0 Å². The molecule has 342 valence electrons. The number of phenolic OH excluding ortho intramolecular Hbond substituents is 1. The van der Waals surface area contributed by atoms with Crippen molar-refractivity contribution in [1.82, 2.24) is 14.5 Å². The van der Waals surface area contributed by atoms with E-state index in [9.17, 15) is 5.11 Å². The number of rotatable bonds is 8. The molecule has 2 aromatic heterocycles. The summed E-state index contributed by atoms with van der Waals surface area (Å²) in [6, 6.07) is 40.4. The Bertz CT molecular complexity index is 3460. The number of imidazole rings is 1. The Hall–Kier alpha value is -5.57. The minimum atomic E-state index is -3.39. The first kappa shape index (κ1) is 34.7. The molecule has 0 saturated heterocycles. The van der Waals surface area contributed by atoms with Gasteiger partial charge in [-0.2, -0.15) is 0 Å². The summed E-state index contributed by atoms with van der Waals surface area (Å²) in [4.78, 5) is 10.3. The summed E-state index contributed by atoms with van der Waals surface area (Å²) >= 11 is 0. The molecule has 0 radical (unpaired) electrons. The van der Waals surface area contributed by atoms with Crippen LogP contribution in [0.25, 0.3) is 72.7 Å². The molecule has 8 rings (SSSR count). The van der Waals surface area contributed by atoms with Crippen molar-refractivity contribution in [1.29, 1.82) is 0 Å². The Labute approximate surface area is 425 Å². The predicted octanol–water partition coefficient (Wildman–Crippen LogP) is 16.7. The average molecular weight is 1060 g/mol. The van der Waals surface area contributed by atoms with Gasteiger partial charge in [0.15, 0.2) is 0 Å². The van der Waals surface area contributed by atoms with E-state index in [2.05, 4.69) is 85.7 Å². The van der Waals surface area contributed by atoms with Crippen LogP contribution in [0, 0.1) is 12.9 Å². The molecular weight excluding hydrogens is 986 g/mol. The van der Waals surface area contributed by atoms with E-state index >= 15 is 0 Å². The Kier molecular flexibility index (Phi) is 9.60. The SMILES string of the molecule is [2H]C([2H])([2H])c1ccc(-n2c(-c3cc(C(C)C)cc(C(C)C)c3O)nc3c(-c4[c-]c(-c5cc(-c6ccc(C(C([2H])([2H])[2H])(C([2H])([2H])[2H])C([2H])([2H])[2H])cc6)ccn5)cc(C(C)(C)C)c4)cccc32)c(-c2ccc(C(C)(C)C)cc2)c1.[Pt]. The first-order valence-corrected chi connectivity index (χ1v) is 22.3. The number of hydrogen-bond donors (Lipinski definition) is 1. The van der Waals surface area contributed by atoms with Crippen molar-refractivity contribution in [2.75, 3.05) is 0 Å². The maximum atomic E-state index is 12.4. The third kappa shape index (κ3) is 9.63. The second-order valence-electron chi connectivity index (χ2n) is 20.0. The van der Waals surface area contributed by atoms with Crippen molar-refractivity contribution in [3.05, 3.63) is 167 Å². The topological polar surface area (TPSA) is 50.9 Å². The summed E-state index contributed by atoms with van der Waals surface area (Å²) in [5, 5.41) is 12.4. The summed E-state index contributed by atoms with van der Waals surface area (Å²) in [6.07, 6.45) is 1.64. The number of para-hydroxylation sites is 1. The molecule has 4 nitrogen and oxygen atoms in total. The van der Waals surface area contributed by atoms with E-state index in [4.69, 9.17) is 26.4 Å². The predicted molar refractivity (Wildman–Crippen MR) is 276 cm³/mol. The molecule has 0 spiro atoms. The van der Waals surface area contributed by atoms with Crippen LogP contribution in [0.5, 0.6) is 5.75 Å². The van der Waals surface area contributed by atoms with Crippen LogP contribution in [-0.2, 0) is 37.3 Å². The number of nitrogens with zero attached hydrogens (tertiary/aromatic N) is 3. The van der Waals surface area contributed by atoms with Crippen LogP contribution in [-0.4, -0.2) is 19.6 Å². The van der Waals surface area contributed by atoms with E-state index in [1.54, 1.807) is 24.4 Å². The molecule has 0 fully saturated rings. The van der Waals surface area contributed by atoms with Gasteiger partial charge >= 0.3 is 0 Å².